The van der Waals surface area contributed by atoms with Crippen molar-refractivity contribution < 1.29 is 12.9 Å². The van der Waals surface area contributed by atoms with E-state index in [9.17, 15) is 8.42 Å². The first-order valence-electron chi connectivity index (χ1n) is 7.55. The first-order valence-corrected chi connectivity index (χ1v) is 9.10. The van der Waals surface area contributed by atoms with E-state index >= 15 is 0 Å². The molecule has 0 amide bonds. The number of hydrogen-bond acceptors (Lipinski definition) is 7. The monoisotopic (exact) mass is 367 g/mol. The Morgan fingerprint density at radius 1 is 1.00 bits per heavy atom. The molecule has 9 heteroatoms. The maximum absolute atomic E-state index is 11.3. The Bertz CT molecular complexity index is 1170. The van der Waals surface area contributed by atoms with Crippen molar-refractivity contribution in [2.75, 3.05) is 5.32 Å². The second-order valence-electron chi connectivity index (χ2n) is 5.57. The number of hydrogen-bond donors (Lipinski definition) is 2. The standard InChI is InChI=1S/C17H13N5O3S/c18-26(23,24)15-5-3-14(4-6-15)21-17-19-8-12-2-1-11(7-16(12)22-17)13-9-20-25-10-13/h1-10H,(H2,18,23,24)(H,19,21,22). The molecule has 0 saturated heterocycles. The molecule has 8 nitrogen and oxygen atoms in total. The summed E-state index contributed by atoms with van der Waals surface area (Å²) in [6.45, 7) is 0. The third-order valence-electron chi connectivity index (χ3n) is 3.79. The van der Waals surface area contributed by atoms with E-state index in [4.69, 9.17) is 9.66 Å². The average molecular weight is 367 g/mol. The SMILES string of the molecule is NS(=O)(=O)c1ccc(Nc2ncc3ccc(-c4cnoc4)cc3n2)cc1. The van der Waals surface area contributed by atoms with Gasteiger partial charge in [0.15, 0.2) is 0 Å². The Morgan fingerprint density at radius 2 is 1.81 bits per heavy atom. The lowest BCUT2D eigenvalue weighted by Crippen LogP contribution is -2.11. The van der Waals surface area contributed by atoms with Crippen LogP contribution in [-0.4, -0.2) is 23.5 Å². The molecule has 4 aromatic rings. The van der Waals surface area contributed by atoms with Gasteiger partial charge in [-0.05, 0) is 35.9 Å². The normalized spacial score (nSPS) is 11.6. The zero-order valence-corrected chi connectivity index (χ0v) is 14.1. The molecule has 0 atom stereocenters. The van der Waals surface area contributed by atoms with Gasteiger partial charge in [-0.2, -0.15) is 0 Å². The quantitative estimate of drug-likeness (QED) is 0.568. The summed E-state index contributed by atoms with van der Waals surface area (Å²) < 4.78 is 27.5. The summed E-state index contributed by atoms with van der Waals surface area (Å²) >= 11 is 0. The van der Waals surface area contributed by atoms with Crippen LogP contribution < -0.4 is 10.5 Å². The van der Waals surface area contributed by atoms with Crippen molar-refractivity contribution in [2.24, 2.45) is 5.14 Å². The van der Waals surface area contributed by atoms with Gasteiger partial charge in [0.05, 0.1) is 16.6 Å². The van der Waals surface area contributed by atoms with Crippen LogP contribution in [-0.2, 0) is 10.0 Å². The highest BCUT2D eigenvalue weighted by Gasteiger charge is 2.08. The fourth-order valence-electron chi connectivity index (χ4n) is 2.47. The van der Waals surface area contributed by atoms with Crippen LogP contribution in [0.2, 0.25) is 0 Å². The van der Waals surface area contributed by atoms with E-state index in [2.05, 4.69) is 20.4 Å². The molecule has 26 heavy (non-hydrogen) atoms. The fraction of sp³-hybridized carbons (Fsp3) is 0. The summed E-state index contributed by atoms with van der Waals surface area (Å²) in [6, 6.07) is 11.8. The molecule has 0 aliphatic heterocycles. The highest BCUT2D eigenvalue weighted by Crippen LogP contribution is 2.24. The van der Waals surface area contributed by atoms with Gasteiger partial charge in [0.1, 0.15) is 6.26 Å². The van der Waals surface area contributed by atoms with Crippen molar-refractivity contribution in [1.82, 2.24) is 15.1 Å². The van der Waals surface area contributed by atoms with E-state index in [-0.39, 0.29) is 4.90 Å². The third kappa shape index (κ3) is 3.25. The number of nitrogens with one attached hydrogen (secondary N) is 1. The number of aromatic nitrogens is 3. The Labute approximate surface area is 148 Å². The van der Waals surface area contributed by atoms with Crippen molar-refractivity contribution in [3.8, 4) is 11.1 Å². The lowest BCUT2D eigenvalue weighted by atomic mass is 10.1. The number of sulfonamides is 1. The van der Waals surface area contributed by atoms with Gasteiger partial charge in [0.25, 0.3) is 0 Å². The smallest absolute Gasteiger partial charge is 0.238 e. The minimum Gasteiger partial charge on any atom is -0.364 e. The minimum absolute atomic E-state index is 0.0424. The molecule has 0 unspecified atom stereocenters. The Kier molecular flexibility index (Phi) is 3.86. The molecule has 0 fully saturated rings. The van der Waals surface area contributed by atoms with Crippen molar-refractivity contribution in [3.05, 3.63) is 61.1 Å². The Hall–Kier alpha value is -3.30. The van der Waals surface area contributed by atoms with Gasteiger partial charge in [-0.1, -0.05) is 17.3 Å². The molecule has 3 N–H and O–H groups in total. The van der Waals surface area contributed by atoms with E-state index < -0.39 is 10.0 Å². The molecule has 0 radical (unpaired) electrons. The summed E-state index contributed by atoms with van der Waals surface area (Å²) in [5.41, 5.74) is 3.19. The number of anilines is 2. The summed E-state index contributed by atoms with van der Waals surface area (Å²) in [7, 11) is -3.72. The van der Waals surface area contributed by atoms with Crippen LogP contribution in [0.1, 0.15) is 0 Å². The van der Waals surface area contributed by atoms with E-state index in [0.29, 0.717) is 11.6 Å². The molecule has 2 heterocycles. The molecule has 0 aliphatic carbocycles. The number of nitrogens with zero attached hydrogens (tertiary/aromatic N) is 3. The lowest BCUT2D eigenvalue weighted by Gasteiger charge is -2.07. The Balaban J connectivity index is 1.64. The number of fused-ring (bicyclic) bond motifs is 1. The second kappa shape index (κ2) is 6.21. The molecule has 2 aromatic heterocycles. The van der Waals surface area contributed by atoms with Crippen molar-refractivity contribution in [3.63, 3.8) is 0 Å². The van der Waals surface area contributed by atoms with Crippen LogP contribution in [0.4, 0.5) is 11.6 Å². The molecule has 0 bridgehead atoms. The largest absolute Gasteiger partial charge is 0.364 e. The fourth-order valence-corrected chi connectivity index (χ4v) is 2.98. The van der Waals surface area contributed by atoms with Gasteiger partial charge in [0.2, 0.25) is 16.0 Å². The summed E-state index contributed by atoms with van der Waals surface area (Å²) in [4.78, 5) is 8.81. The molecule has 130 valence electrons. The molecule has 0 saturated carbocycles. The van der Waals surface area contributed by atoms with E-state index in [0.717, 1.165) is 22.0 Å². The third-order valence-corrected chi connectivity index (χ3v) is 4.72. The highest BCUT2D eigenvalue weighted by molar-refractivity contribution is 7.89. The van der Waals surface area contributed by atoms with Gasteiger partial charge in [-0.25, -0.2) is 23.5 Å². The van der Waals surface area contributed by atoms with Gasteiger partial charge in [-0.3, -0.25) is 0 Å². The zero-order valence-electron chi connectivity index (χ0n) is 13.3. The summed E-state index contributed by atoms with van der Waals surface area (Å²) in [5, 5.41) is 12.7. The summed E-state index contributed by atoms with van der Waals surface area (Å²) in [5.74, 6) is 0.392. The van der Waals surface area contributed by atoms with Gasteiger partial charge < -0.3 is 9.84 Å². The van der Waals surface area contributed by atoms with Gasteiger partial charge >= 0.3 is 0 Å². The molecular weight excluding hydrogens is 354 g/mol. The van der Waals surface area contributed by atoms with Crippen LogP contribution >= 0.6 is 0 Å². The molecule has 2 aromatic carbocycles. The maximum Gasteiger partial charge on any atom is 0.238 e. The topological polar surface area (TPSA) is 124 Å². The van der Waals surface area contributed by atoms with Gasteiger partial charge in [-0.15, -0.1) is 0 Å². The van der Waals surface area contributed by atoms with Crippen LogP contribution in [0.5, 0.6) is 0 Å². The van der Waals surface area contributed by atoms with Crippen molar-refractivity contribution in [1.29, 1.82) is 0 Å². The van der Waals surface area contributed by atoms with Gasteiger partial charge in [0, 0.05) is 22.8 Å². The van der Waals surface area contributed by atoms with Crippen LogP contribution in [0.3, 0.4) is 0 Å². The number of nitrogens with two attached hydrogens (primary N) is 1. The number of primary sulfonamides is 1. The second-order valence-corrected chi connectivity index (χ2v) is 7.14. The predicted molar refractivity (Wildman–Crippen MR) is 96.1 cm³/mol. The molecule has 0 spiro atoms. The predicted octanol–water partition coefficient (Wildman–Crippen LogP) is 2.68. The van der Waals surface area contributed by atoms with E-state index in [1.165, 1.54) is 12.1 Å². The number of rotatable bonds is 4. The lowest BCUT2D eigenvalue weighted by molar-refractivity contribution is 0.420. The maximum atomic E-state index is 11.3. The first-order chi connectivity index (χ1) is 12.5. The van der Waals surface area contributed by atoms with Crippen molar-refractivity contribution in [2.45, 2.75) is 4.90 Å². The van der Waals surface area contributed by atoms with Crippen molar-refractivity contribution >= 4 is 32.6 Å². The van der Waals surface area contributed by atoms with Crippen LogP contribution in [0, 0.1) is 0 Å². The zero-order chi connectivity index (χ0) is 18.1. The van der Waals surface area contributed by atoms with Crippen LogP contribution in [0.15, 0.2) is 70.5 Å². The van der Waals surface area contributed by atoms with E-state index in [1.807, 2.05) is 18.2 Å². The highest BCUT2D eigenvalue weighted by atomic mass is 32.2. The molecule has 4 rings (SSSR count). The molecular formula is C17H13N5O3S. The average Bonchev–Trinajstić information content (AvgIpc) is 3.15. The number of benzene rings is 2. The first kappa shape index (κ1) is 16.2. The summed E-state index contributed by atoms with van der Waals surface area (Å²) in [6.07, 6.45) is 4.91. The van der Waals surface area contributed by atoms with Crippen LogP contribution in [0.25, 0.3) is 22.0 Å². The Morgan fingerprint density at radius 3 is 2.50 bits per heavy atom. The molecule has 0 aliphatic rings. The van der Waals surface area contributed by atoms with E-state index in [1.54, 1.807) is 30.8 Å². The minimum atomic E-state index is -3.72.